The van der Waals surface area contributed by atoms with Gasteiger partial charge in [-0.3, -0.25) is 9.78 Å². The largest absolute Gasteiger partial charge is 0.426 e. The molecule has 1 unspecified atom stereocenters. The van der Waals surface area contributed by atoms with E-state index in [4.69, 9.17) is 11.6 Å². The predicted octanol–water partition coefficient (Wildman–Crippen LogP) is 2.47. The highest BCUT2D eigenvalue weighted by molar-refractivity contribution is 7.89. The van der Waals surface area contributed by atoms with Crippen molar-refractivity contribution in [3.63, 3.8) is 0 Å². The van der Waals surface area contributed by atoms with E-state index in [0.29, 0.717) is 5.56 Å². The maximum atomic E-state index is 12.7. The number of hydrogen-bond acceptors (Lipinski definition) is 5. The maximum absolute atomic E-state index is 12.7. The molecule has 7 nitrogen and oxygen atoms in total. The average Bonchev–Trinajstić information content (AvgIpc) is 2.61. The summed E-state index contributed by atoms with van der Waals surface area (Å²) in [5, 5.41) is 10.9. The van der Waals surface area contributed by atoms with Gasteiger partial charge in [0.05, 0.1) is 15.6 Å². The lowest BCUT2D eigenvalue weighted by atomic mass is 10.1. The third kappa shape index (κ3) is 4.98. The van der Waals surface area contributed by atoms with Crippen molar-refractivity contribution < 1.29 is 31.5 Å². The second-order valence-corrected chi connectivity index (χ2v) is 8.02. The Morgan fingerprint density at radius 1 is 1.21 bits per heavy atom. The van der Waals surface area contributed by atoms with Gasteiger partial charge in [-0.15, -0.1) is 0 Å². The van der Waals surface area contributed by atoms with E-state index in [1.807, 2.05) is 5.32 Å². The number of sulfonamides is 1. The molecule has 0 radical (unpaired) electrons. The van der Waals surface area contributed by atoms with E-state index >= 15 is 0 Å². The number of nitrogens with zero attached hydrogens (tertiary/aromatic N) is 1. The van der Waals surface area contributed by atoms with Crippen LogP contribution in [0, 0.1) is 0 Å². The topological polar surface area (TPSA) is 108 Å². The quantitative estimate of drug-likeness (QED) is 0.643. The summed E-state index contributed by atoms with van der Waals surface area (Å²) in [6.45, 7) is 0.271. The molecule has 0 saturated carbocycles. The van der Waals surface area contributed by atoms with Gasteiger partial charge in [0.1, 0.15) is 0 Å². The third-order valence-electron chi connectivity index (χ3n) is 3.71. The molecule has 0 fully saturated rings. The first-order valence-electron chi connectivity index (χ1n) is 7.63. The van der Waals surface area contributed by atoms with Crippen molar-refractivity contribution in [2.75, 3.05) is 5.32 Å². The molecule has 3 N–H and O–H groups in total. The van der Waals surface area contributed by atoms with Crippen molar-refractivity contribution in [2.45, 2.75) is 30.1 Å². The molecular formula is C16H15ClF3N3O4S. The number of alkyl halides is 3. The molecule has 2 aromatic rings. The molecule has 0 bridgehead atoms. The number of nitrogens with one attached hydrogen (secondary N) is 2. The van der Waals surface area contributed by atoms with Crippen molar-refractivity contribution in [3.8, 4) is 0 Å². The highest BCUT2D eigenvalue weighted by Crippen LogP contribution is 2.32. The molecule has 1 aromatic carbocycles. The molecule has 0 aliphatic heterocycles. The number of amides is 1. The number of carbonyl (C=O) groups is 1. The predicted molar refractivity (Wildman–Crippen MR) is 95.0 cm³/mol. The summed E-state index contributed by atoms with van der Waals surface area (Å²) in [5.41, 5.74) is -3.28. The lowest BCUT2D eigenvalue weighted by molar-refractivity contribution is -0.242. The van der Waals surface area contributed by atoms with Crippen LogP contribution in [0.5, 0.6) is 0 Å². The van der Waals surface area contributed by atoms with Crippen molar-refractivity contribution in [2.24, 2.45) is 0 Å². The molecule has 152 valence electrons. The number of hydrogen-bond donors (Lipinski definition) is 3. The number of rotatable bonds is 6. The summed E-state index contributed by atoms with van der Waals surface area (Å²) in [7, 11) is -3.97. The van der Waals surface area contributed by atoms with Crippen LogP contribution >= 0.6 is 11.6 Å². The van der Waals surface area contributed by atoms with Crippen LogP contribution in [0.2, 0.25) is 5.02 Å². The fourth-order valence-corrected chi connectivity index (χ4v) is 3.24. The van der Waals surface area contributed by atoms with Gasteiger partial charge < -0.3 is 10.4 Å². The van der Waals surface area contributed by atoms with Gasteiger partial charge in [-0.05, 0) is 42.8 Å². The van der Waals surface area contributed by atoms with Crippen molar-refractivity contribution in [3.05, 3.63) is 53.3 Å². The van der Waals surface area contributed by atoms with Crippen LogP contribution in [-0.2, 0) is 21.4 Å². The number of benzene rings is 1. The van der Waals surface area contributed by atoms with Gasteiger partial charge in [0.25, 0.3) is 5.91 Å². The van der Waals surface area contributed by atoms with E-state index in [2.05, 4.69) is 9.71 Å². The van der Waals surface area contributed by atoms with Gasteiger partial charge in [-0.2, -0.15) is 13.2 Å². The van der Waals surface area contributed by atoms with E-state index in [1.54, 1.807) is 12.1 Å². The lowest BCUT2D eigenvalue weighted by Gasteiger charge is -2.25. The number of anilines is 1. The number of halogens is 4. The highest BCUT2D eigenvalue weighted by Gasteiger charge is 2.55. The molecule has 2 rings (SSSR count). The molecule has 1 heterocycles. The number of carbonyl (C=O) groups excluding carboxylic acids is 1. The molecule has 1 amide bonds. The summed E-state index contributed by atoms with van der Waals surface area (Å²) in [5.74, 6) is -1.76. The summed E-state index contributed by atoms with van der Waals surface area (Å²) >= 11 is 5.88. The average molecular weight is 438 g/mol. The molecule has 12 heteroatoms. The zero-order valence-corrected chi connectivity index (χ0v) is 15.9. The highest BCUT2D eigenvalue weighted by atomic mass is 35.5. The minimum absolute atomic E-state index is 0.0184. The molecular weight excluding hydrogens is 423 g/mol. The van der Waals surface area contributed by atoms with Gasteiger partial charge in [-0.1, -0.05) is 11.6 Å². The van der Waals surface area contributed by atoms with Crippen LogP contribution in [0.15, 0.2) is 47.6 Å². The Morgan fingerprint density at radius 3 is 2.36 bits per heavy atom. The van der Waals surface area contributed by atoms with Crippen LogP contribution in [0.25, 0.3) is 0 Å². The van der Waals surface area contributed by atoms with E-state index < -0.39 is 27.7 Å². The van der Waals surface area contributed by atoms with Crippen LogP contribution in [0.1, 0.15) is 12.5 Å². The minimum atomic E-state index is -5.20. The Kier molecular flexibility index (Phi) is 6.34. The zero-order valence-electron chi connectivity index (χ0n) is 14.3. The molecule has 28 heavy (non-hydrogen) atoms. The normalized spacial score (nSPS) is 14.4. The van der Waals surface area contributed by atoms with Gasteiger partial charge >= 0.3 is 6.18 Å². The van der Waals surface area contributed by atoms with Crippen LogP contribution < -0.4 is 10.0 Å². The SMILES string of the molecule is CC(O)(C(=O)Nc1ccc(S(=O)(=O)NCc2ccncc2)cc1Cl)C(F)(F)F. The Balaban J connectivity index is 2.16. The summed E-state index contributed by atoms with van der Waals surface area (Å²) in [6, 6.07) is 6.27. The van der Waals surface area contributed by atoms with E-state index in [9.17, 15) is 31.5 Å². The Hall–Kier alpha value is -2.21. The van der Waals surface area contributed by atoms with E-state index in [0.717, 1.165) is 18.2 Å². The van der Waals surface area contributed by atoms with Crippen LogP contribution in [0.4, 0.5) is 18.9 Å². The van der Waals surface area contributed by atoms with Crippen LogP contribution in [0.3, 0.4) is 0 Å². The third-order valence-corrected chi connectivity index (χ3v) is 5.42. The van der Waals surface area contributed by atoms with Gasteiger partial charge in [0, 0.05) is 18.9 Å². The lowest BCUT2D eigenvalue weighted by Crippen LogP contribution is -2.52. The van der Waals surface area contributed by atoms with Gasteiger partial charge in [0.15, 0.2) is 0 Å². The maximum Gasteiger partial charge on any atom is 0.426 e. The van der Waals surface area contributed by atoms with Crippen molar-refractivity contribution in [1.29, 1.82) is 0 Å². The molecule has 0 spiro atoms. The second kappa shape index (κ2) is 8.03. The Labute approximate surface area is 163 Å². The molecule has 0 aliphatic rings. The number of pyridine rings is 1. The van der Waals surface area contributed by atoms with Crippen LogP contribution in [-0.4, -0.2) is 36.2 Å². The van der Waals surface area contributed by atoms with E-state index in [1.165, 1.54) is 12.4 Å². The standard InChI is InChI=1S/C16H15ClF3N3O4S/c1-15(25,16(18,19)20)14(24)23-13-3-2-11(8-12(13)17)28(26,27)22-9-10-4-6-21-7-5-10/h2-8,22,25H,9H2,1H3,(H,23,24). The molecule has 0 aliphatic carbocycles. The number of aromatic nitrogens is 1. The molecule has 1 aromatic heterocycles. The first-order chi connectivity index (χ1) is 12.8. The monoisotopic (exact) mass is 437 g/mol. The summed E-state index contributed by atoms with van der Waals surface area (Å²) in [6.07, 6.45) is -2.22. The molecule has 1 atom stereocenters. The Morgan fingerprint density at radius 2 is 1.82 bits per heavy atom. The fraction of sp³-hybridized carbons (Fsp3) is 0.250. The molecule has 0 saturated heterocycles. The van der Waals surface area contributed by atoms with Crippen molar-refractivity contribution in [1.82, 2.24) is 9.71 Å². The minimum Gasteiger partial charge on any atom is -0.373 e. The first-order valence-corrected chi connectivity index (χ1v) is 9.49. The Bertz CT molecular complexity index is 967. The zero-order chi connectivity index (χ0) is 21.2. The number of aliphatic hydroxyl groups is 1. The van der Waals surface area contributed by atoms with Gasteiger partial charge in [0.2, 0.25) is 15.6 Å². The first kappa shape index (κ1) is 22.1. The summed E-state index contributed by atoms with van der Waals surface area (Å²) < 4.78 is 65.1. The smallest absolute Gasteiger partial charge is 0.373 e. The fourth-order valence-electron chi connectivity index (χ4n) is 1.90. The summed E-state index contributed by atoms with van der Waals surface area (Å²) in [4.78, 5) is 15.2. The van der Waals surface area contributed by atoms with Gasteiger partial charge in [-0.25, -0.2) is 13.1 Å². The second-order valence-electron chi connectivity index (χ2n) is 5.85. The van der Waals surface area contributed by atoms with E-state index in [-0.39, 0.29) is 29.1 Å². The van der Waals surface area contributed by atoms with Crippen molar-refractivity contribution >= 4 is 33.2 Å².